The van der Waals surface area contributed by atoms with Crippen molar-refractivity contribution in [3.63, 3.8) is 0 Å². The van der Waals surface area contributed by atoms with E-state index in [1.165, 1.54) is 0 Å². The van der Waals surface area contributed by atoms with E-state index in [0.29, 0.717) is 10.4 Å². The van der Waals surface area contributed by atoms with Crippen LogP contribution in [0.5, 0.6) is 0 Å². The molecule has 1 N–H and O–H groups in total. The number of rotatable bonds is 1. The van der Waals surface area contributed by atoms with E-state index in [-0.39, 0.29) is 10.7 Å². The van der Waals surface area contributed by atoms with E-state index in [1.54, 1.807) is 24.3 Å². The largest absolute Gasteiger partial charge is 0.721 e. The van der Waals surface area contributed by atoms with Crippen LogP contribution in [0.3, 0.4) is 0 Å². The molecule has 0 radical (unpaired) electrons. The van der Waals surface area contributed by atoms with Gasteiger partial charge >= 0.3 is 5.82 Å². The molecule has 0 aliphatic carbocycles. The van der Waals surface area contributed by atoms with Gasteiger partial charge in [0.25, 0.3) is 0 Å². The molecule has 0 bridgehead atoms. The molecule has 1 aromatic carbocycles. The molecular weight excluding hydrogens is 172 g/mol. The van der Waals surface area contributed by atoms with Gasteiger partial charge in [0, 0.05) is 0 Å². The van der Waals surface area contributed by atoms with Gasteiger partial charge in [-0.25, -0.2) is 0 Å². The first kappa shape index (κ1) is 7.53. The summed E-state index contributed by atoms with van der Waals surface area (Å²) in [6.07, 6.45) is 0. The zero-order valence-corrected chi connectivity index (χ0v) is 6.53. The molecule has 66 valence electrons. The Balaban J connectivity index is 2.59. The number of hydrogen-bond acceptors (Lipinski definition) is 4. The van der Waals surface area contributed by atoms with Gasteiger partial charge in [-0.3, -0.25) is 0 Å². The molecule has 0 amide bonds. The molecule has 0 saturated carbocycles. The van der Waals surface area contributed by atoms with Gasteiger partial charge in [0.15, 0.2) is 0 Å². The number of benzene rings is 1. The molecule has 6 nitrogen and oxygen atoms in total. The third kappa shape index (κ3) is 1.18. The van der Waals surface area contributed by atoms with Gasteiger partial charge in [-0.05, 0) is 12.1 Å². The van der Waals surface area contributed by atoms with Gasteiger partial charge in [-0.2, -0.15) is 0 Å². The molecule has 0 aliphatic rings. The lowest BCUT2D eigenvalue weighted by atomic mass is 10.2. The standard InChI is InChI=1S/C7H6N4O2/c12-10-7(11(13)9-8-10)6-4-2-1-3-5-6/h1-5,12H. The van der Waals surface area contributed by atoms with Gasteiger partial charge in [0.1, 0.15) is 10.1 Å². The maximum absolute atomic E-state index is 11.0. The van der Waals surface area contributed by atoms with Crippen LogP contribution in [0.15, 0.2) is 30.3 Å². The van der Waals surface area contributed by atoms with Crippen molar-refractivity contribution in [2.45, 2.75) is 0 Å². The van der Waals surface area contributed by atoms with E-state index < -0.39 is 0 Å². The second-order valence-corrected chi connectivity index (χ2v) is 2.43. The van der Waals surface area contributed by atoms with E-state index >= 15 is 0 Å². The van der Waals surface area contributed by atoms with Crippen LogP contribution in [0.1, 0.15) is 0 Å². The lowest BCUT2D eigenvalue weighted by Crippen LogP contribution is -2.31. The molecule has 6 heteroatoms. The summed E-state index contributed by atoms with van der Waals surface area (Å²) < 4.78 is 0. The predicted molar refractivity (Wildman–Crippen MR) is 41.6 cm³/mol. The zero-order valence-electron chi connectivity index (χ0n) is 6.53. The summed E-state index contributed by atoms with van der Waals surface area (Å²) in [7, 11) is 0. The van der Waals surface area contributed by atoms with Crippen LogP contribution >= 0.6 is 0 Å². The maximum atomic E-state index is 11.0. The molecule has 0 aliphatic heterocycles. The molecule has 0 atom stereocenters. The minimum Gasteiger partial charge on any atom is -0.721 e. The second kappa shape index (κ2) is 2.74. The Hall–Kier alpha value is -2.11. The molecule has 0 spiro atoms. The first-order chi connectivity index (χ1) is 6.29. The van der Waals surface area contributed by atoms with Crippen LogP contribution < -0.4 is 4.85 Å². The summed E-state index contributed by atoms with van der Waals surface area (Å²) in [5.74, 6) is 0.000556. The minimum atomic E-state index is 0.000556. The lowest BCUT2D eigenvalue weighted by molar-refractivity contribution is -0.659. The number of aromatic nitrogens is 4. The average molecular weight is 178 g/mol. The van der Waals surface area contributed by atoms with Crippen molar-refractivity contribution in [2.24, 2.45) is 0 Å². The highest BCUT2D eigenvalue weighted by Crippen LogP contribution is 2.11. The quantitative estimate of drug-likeness (QED) is 0.373. The summed E-state index contributed by atoms with van der Waals surface area (Å²) in [5, 5.41) is 26.4. The Kier molecular flexibility index (Phi) is 1.59. The Bertz CT molecular complexity index is 392. The number of hydrogen-bond donors (Lipinski definition) is 1. The van der Waals surface area contributed by atoms with Crippen molar-refractivity contribution >= 4 is 0 Å². The Morgan fingerprint density at radius 3 is 2.54 bits per heavy atom. The van der Waals surface area contributed by atoms with E-state index in [0.717, 1.165) is 0 Å². The van der Waals surface area contributed by atoms with Crippen molar-refractivity contribution < 1.29 is 10.1 Å². The molecule has 0 saturated heterocycles. The van der Waals surface area contributed by atoms with Crippen LogP contribution in [0, 0.1) is 5.21 Å². The maximum Gasteiger partial charge on any atom is 0.335 e. The summed E-state index contributed by atoms with van der Waals surface area (Å²) in [5.41, 5.74) is 0.560. The van der Waals surface area contributed by atoms with Crippen LogP contribution in [0.4, 0.5) is 0 Å². The molecule has 0 unspecified atom stereocenters. The molecular formula is C7H6N4O2. The summed E-state index contributed by atoms with van der Waals surface area (Å²) in [4.78, 5) is 0.706. The summed E-state index contributed by atoms with van der Waals surface area (Å²) >= 11 is 0. The van der Waals surface area contributed by atoms with Crippen molar-refractivity contribution in [1.29, 1.82) is 0 Å². The van der Waals surface area contributed by atoms with Gasteiger partial charge < -0.3 is 10.4 Å². The molecule has 2 rings (SSSR count). The zero-order chi connectivity index (χ0) is 9.26. The topological polar surface area (TPSA) is 77.9 Å². The van der Waals surface area contributed by atoms with Gasteiger partial charge in [-0.15, -0.1) is 4.85 Å². The SMILES string of the molecule is [O-][n+]1nnn(O)c1-c1ccccc1. The third-order valence-electron chi connectivity index (χ3n) is 1.61. The highest BCUT2D eigenvalue weighted by Gasteiger charge is 2.17. The second-order valence-electron chi connectivity index (χ2n) is 2.43. The van der Waals surface area contributed by atoms with Crippen LogP contribution in [-0.4, -0.2) is 20.5 Å². The summed E-state index contributed by atoms with van der Waals surface area (Å²) in [6, 6.07) is 8.68. The Morgan fingerprint density at radius 1 is 1.31 bits per heavy atom. The van der Waals surface area contributed by atoms with Crippen LogP contribution in [0.2, 0.25) is 0 Å². The molecule has 2 aromatic rings. The molecule has 13 heavy (non-hydrogen) atoms. The Morgan fingerprint density at radius 2 is 2.00 bits per heavy atom. The van der Waals surface area contributed by atoms with Crippen LogP contribution in [0.25, 0.3) is 11.4 Å². The van der Waals surface area contributed by atoms with E-state index in [4.69, 9.17) is 5.21 Å². The minimum absolute atomic E-state index is 0.000556. The Labute approximate surface area is 73.2 Å². The van der Waals surface area contributed by atoms with E-state index in [9.17, 15) is 5.21 Å². The lowest BCUT2D eigenvalue weighted by Gasteiger charge is -1.98. The van der Waals surface area contributed by atoms with Gasteiger partial charge in [0.2, 0.25) is 5.21 Å². The van der Waals surface area contributed by atoms with E-state index in [1.807, 2.05) is 6.07 Å². The van der Waals surface area contributed by atoms with Crippen LogP contribution in [-0.2, 0) is 0 Å². The average Bonchev–Trinajstić information content (AvgIpc) is 2.48. The van der Waals surface area contributed by atoms with Crippen molar-refractivity contribution in [1.82, 2.24) is 15.3 Å². The van der Waals surface area contributed by atoms with Gasteiger partial charge in [-0.1, -0.05) is 18.2 Å². The fraction of sp³-hybridized carbons (Fsp3) is 0. The van der Waals surface area contributed by atoms with E-state index in [2.05, 4.69) is 10.4 Å². The normalized spacial score (nSPS) is 10.2. The third-order valence-corrected chi connectivity index (χ3v) is 1.61. The highest BCUT2D eigenvalue weighted by molar-refractivity contribution is 5.50. The van der Waals surface area contributed by atoms with Crippen molar-refractivity contribution in [3.8, 4) is 11.4 Å². The number of nitrogens with zero attached hydrogens (tertiary/aromatic N) is 4. The highest BCUT2D eigenvalue weighted by atomic mass is 16.5. The smallest absolute Gasteiger partial charge is 0.335 e. The molecule has 0 fully saturated rings. The molecule has 1 heterocycles. The first-order valence-electron chi connectivity index (χ1n) is 3.59. The van der Waals surface area contributed by atoms with Gasteiger partial charge in [0.05, 0.1) is 5.56 Å². The monoisotopic (exact) mass is 178 g/mol. The number of tetrazole rings is 1. The fourth-order valence-corrected chi connectivity index (χ4v) is 1.05. The van der Waals surface area contributed by atoms with Crippen molar-refractivity contribution in [3.05, 3.63) is 35.5 Å². The molecule has 1 aromatic heterocycles. The fourth-order valence-electron chi connectivity index (χ4n) is 1.05. The van der Waals surface area contributed by atoms with Crippen molar-refractivity contribution in [2.75, 3.05) is 0 Å². The predicted octanol–water partition coefficient (Wildman–Crippen LogP) is -0.184. The summed E-state index contributed by atoms with van der Waals surface area (Å²) in [6.45, 7) is 0. The first-order valence-corrected chi connectivity index (χ1v) is 3.59.